The molecule has 0 fully saturated rings. The van der Waals surface area contributed by atoms with Crippen LogP contribution in [-0.4, -0.2) is 24.8 Å². The van der Waals surface area contributed by atoms with Gasteiger partial charge in [-0.1, -0.05) is 30.3 Å². The van der Waals surface area contributed by atoms with E-state index < -0.39 is 17.7 Å². The van der Waals surface area contributed by atoms with Crippen LogP contribution in [0.3, 0.4) is 0 Å². The SMILES string of the molecule is COc1ccccc1C(CCOc1ccccc1F)C(=O)O. The molecule has 22 heavy (non-hydrogen) atoms. The van der Waals surface area contributed by atoms with Gasteiger partial charge in [0.1, 0.15) is 5.75 Å². The summed E-state index contributed by atoms with van der Waals surface area (Å²) in [4.78, 5) is 11.5. The number of hydrogen-bond donors (Lipinski definition) is 1. The van der Waals surface area contributed by atoms with Crippen molar-refractivity contribution in [2.75, 3.05) is 13.7 Å². The van der Waals surface area contributed by atoms with Crippen molar-refractivity contribution in [2.24, 2.45) is 0 Å². The number of rotatable bonds is 7. The normalized spacial score (nSPS) is 11.7. The molecule has 0 aliphatic heterocycles. The van der Waals surface area contributed by atoms with Crippen LogP contribution < -0.4 is 9.47 Å². The minimum atomic E-state index is -0.971. The number of carboxylic acids is 1. The number of benzene rings is 2. The lowest BCUT2D eigenvalue weighted by atomic mass is 9.95. The summed E-state index contributed by atoms with van der Waals surface area (Å²) >= 11 is 0. The lowest BCUT2D eigenvalue weighted by Crippen LogP contribution is -2.16. The zero-order chi connectivity index (χ0) is 15.9. The van der Waals surface area contributed by atoms with Crippen molar-refractivity contribution in [2.45, 2.75) is 12.3 Å². The van der Waals surface area contributed by atoms with Crippen LogP contribution in [-0.2, 0) is 4.79 Å². The predicted molar refractivity (Wildman–Crippen MR) is 79.9 cm³/mol. The van der Waals surface area contributed by atoms with E-state index in [4.69, 9.17) is 9.47 Å². The van der Waals surface area contributed by atoms with Gasteiger partial charge in [0.2, 0.25) is 0 Å². The van der Waals surface area contributed by atoms with Gasteiger partial charge >= 0.3 is 5.97 Å². The van der Waals surface area contributed by atoms with Crippen molar-refractivity contribution < 1.29 is 23.8 Å². The second kappa shape index (κ2) is 7.45. The van der Waals surface area contributed by atoms with Crippen LogP contribution in [0.4, 0.5) is 4.39 Å². The lowest BCUT2D eigenvalue weighted by molar-refractivity contribution is -0.139. The van der Waals surface area contributed by atoms with Gasteiger partial charge in [-0.3, -0.25) is 4.79 Å². The standard InChI is InChI=1S/C17H17FO4/c1-21-15-8-4-2-6-12(15)13(17(19)20)10-11-22-16-9-5-3-7-14(16)18/h2-9,13H,10-11H2,1H3,(H,19,20). The molecule has 0 aromatic heterocycles. The van der Waals surface area contributed by atoms with Crippen LogP contribution in [0.1, 0.15) is 17.9 Å². The number of carbonyl (C=O) groups is 1. The third-order valence-electron chi connectivity index (χ3n) is 3.31. The van der Waals surface area contributed by atoms with E-state index in [1.54, 1.807) is 36.4 Å². The van der Waals surface area contributed by atoms with Crippen molar-refractivity contribution in [1.82, 2.24) is 0 Å². The Morgan fingerprint density at radius 1 is 1.14 bits per heavy atom. The monoisotopic (exact) mass is 304 g/mol. The van der Waals surface area contributed by atoms with Crippen molar-refractivity contribution in [3.63, 3.8) is 0 Å². The largest absolute Gasteiger partial charge is 0.496 e. The smallest absolute Gasteiger partial charge is 0.311 e. The van der Waals surface area contributed by atoms with Gasteiger partial charge < -0.3 is 14.6 Å². The Balaban J connectivity index is 2.07. The first-order valence-corrected chi connectivity index (χ1v) is 6.86. The molecule has 2 aromatic rings. The number of hydrogen-bond acceptors (Lipinski definition) is 3. The Labute approximate surface area is 128 Å². The molecule has 0 saturated heterocycles. The van der Waals surface area contributed by atoms with Crippen LogP contribution in [0.15, 0.2) is 48.5 Å². The first-order chi connectivity index (χ1) is 10.6. The predicted octanol–water partition coefficient (Wildman–Crippen LogP) is 3.47. The van der Waals surface area contributed by atoms with Crippen molar-refractivity contribution in [3.05, 3.63) is 59.9 Å². The fraction of sp³-hybridized carbons (Fsp3) is 0.235. The van der Waals surface area contributed by atoms with Crippen LogP contribution in [0.2, 0.25) is 0 Å². The van der Waals surface area contributed by atoms with Crippen molar-refractivity contribution in [3.8, 4) is 11.5 Å². The fourth-order valence-electron chi connectivity index (χ4n) is 2.21. The Morgan fingerprint density at radius 3 is 2.41 bits per heavy atom. The number of ether oxygens (including phenoxy) is 2. The first kappa shape index (κ1) is 15.8. The average Bonchev–Trinajstić information content (AvgIpc) is 2.53. The molecule has 0 bridgehead atoms. The van der Waals surface area contributed by atoms with Gasteiger partial charge in [0.05, 0.1) is 19.6 Å². The summed E-state index contributed by atoms with van der Waals surface area (Å²) in [6.07, 6.45) is 0.212. The number of aliphatic carboxylic acids is 1. The Bertz CT molecular complexity index is 642. The average molecular weight is 304 g/mol. The van der Waals surface area contributed by atoms with Crippen LogP contribution in [0.5, 0.6) is 11.5 Å². The molecule has 0 saturated carbocycles. The highest BCUT2D eigenvalue weighted by Crippen LogP contribution is 2.29. The highest BCUT2D eigenvalue weighted by Gasteiger charge is 2.23. The maximum Gasteiger partial charge on any atom is 0.311 e. The quantitative estimate of drug-likeness (QED) is 0.851. The zero-order valence-corrected chi connectivity index (χ0v) is 12.2. The fourth-order valence-corrected chi connectivity index (χ4v) is 2.21. The molecule has 1 atom stereocenters. The maximum atomic E-state index is 13.5. The Morgan fingerprint density at radius 2 is 1.77 bits per heavy atom. The molecular formula is C17H17FO4. The molecule has 2 aromatic carbocycles. The minimum Gasteiger partial charge on any atom is -0.496 e. The van der Waals surface area contributed by atoms with Gasteiger partial charge in [-0.05, 0) is 24.6 Å². The molecule has 5 heteroatoms. The van der Waals surface area contributed by atoms with E-state index in [-0.39, 0.29) is 18.8 Å². The van der Waals surface area contributed by atoms with Gasteiger partial charge in [-0.2, -0.15) is 0 Å². The summed E-state index contributed by atoms with van der Waals surface area (Å²) in [5.41, 5.74) is 0.578. The minimum absolute atomic E-state index is 0.0932. The van der Waals surface area contributed by atoms with Gasteiger partial charge in [0.15, 0.2) is 11.6 Å². The van der Waals surface area contributed by atoms with Crippen LogP contribution in [0.25, 0.3) is 0 Å². The molecule has 1 N–H and O–H groups in total. The molecule has 1 unspecified atom stereocenters. The van der Waals surface area contributed by atoms with Crippen molar-refractivity contribution in [1.29, 1.82) is 0 Å². The third-order valence-corrected chi connectivity index (χ3v) is 3.31. The van der Waals surface area contributed by atoms with Gasteiger partial charge in [-0.25, -0.2) is 4.39 Å². The van der Waals surface area contributed by atoms with E-state index in [9.17, 15) is 14.3 Å². The summed E-state index contributed by atoms with van der Waals surface area (Å²) in [7, 11) is 1.49. The molecule has 0 radical (unpaired) electrons. The molecule has 4 nitrogen and oxygen atoms in total. The molecule has 0 aliphatic rings. The topological polar surface area (TPSA) is 55.8 Å². The van der Waals surface area contributed by atoms with Gasteiger partial charge in [-0.15, -0.1) is 0 Å². The number of halogens is 1. The second-order valence-corrected chi connectivity index (χ2v) is 4.70. The number of carboxylic acid groups (broad SMARTS) is 1. The molecule has 0 spiro atoms. The van der Waals surface area contributed by atoms with Gasteiger partial charge in [0, 0.05) is 5.56 Å². The summed E-state index contributed by atoms with van der Waals surface area (Å²) in [6, 6.07) is 13.0. The summed E-state index contributed by atoms with van der Waals surface area (Å²) < 4.78 is 24.0. The molecule has 2 rings (SSSR count). The Hall–Kier alpha value is -2.56. The highest BCUT2D eigenvalue weighted by molar-refractivity contribution is 5.77. The lowest BCUT2D eigenvalue weighted by Gasteiger charge is -2.16. The van der Waals surface area contributed by atoms with E-state index in [1.807, 2.05) is 0 Å². The van der Waals surface area contributed by atoms with Crippen molar-refractivity contribution >= 4 is 5.97 Å². The molecular weight excluding hydrogens is 287 g/mol. The van der Waals surface area contributed by atoms with E-state index in [0.717, 1.165) is 0 Å². The van der Waals surface area contributed by atoms with Crippen LogP contribution >= 0.6 is 0 Å². The molecule has 116 valence electrons. The van der Waals surface area contributed by atoms with Gasteiger partial charge in [0.25, 0.3) is 0 Å². The van der Waals surface area contributed by atoms with E-state index in [0.29, 0.717) is 11.3 Å². The highest BCUT2D eigenvalue weighted by atomic mass is 19.1. The maximum absolute atomic E-state index is 13.5. The first-order valence-electron chi connectivity index (χ1n) is 6.86. The van der Waals surface area contributed by atoms with E-state index >= 15 is 0 Å². The summed E-state index contributed by atoms with van der Waals surface area (Å²) in [5, 5.41) is 9.41. The van der Waals surface area contributed by atoms with E-state index in [1.165, 1.54) is 19.2 Å². The zero-order valence-electron chi connectivity index (χ0n) is 12.2. The number of methoxy groups -OCH3 is 1. The molecule has 0 aliphatic carbocycles. The summed E-state index contributed by atoms with van der Waals surface area (Å²) in [5.74, 6) is -1.58. The van der Waals surface area contributed by atoms with E-state index in [2.05, 4.69) is 0 Å². The number of para-hydroxylation sites is 2. The third kappa shape index (κ3) is 3.75. The molecule has 0 amide bonds. The summed E-state index contributed by atoms with van der Waals surface area (Å²) in [6.45, 7) is 0.0932. The second-order valence-electron chi connectivity index (χ2n) is 4.70. The van der Waals surface area contributed by atoms with Crippen LogP contribution in [0, 0.1) is 5.82 Å². The Kier molecular flexibility index (Phi) is 5.36. The molecule has 0 heterocycles.